The van der Waals surface area contributed by atoms with Crippen LogP contribution in [0.4, 0.5) is 0 Å². The normalized spacial score (nSPS) is 21.3. The van der Waals surface area contributed by atoms with Crippen LogP contribution in [0.5, 0.6) is 11.5 Å². The molecule has 1 saturated heterocycles. The molecule has 0 radical (unpaired) electrons. The summed E-state index contributed by atoms with van der Waals surface area (Å²) in [5.41, 5.74) is 0. The number of ether oxygens (including phenoxy) is 1. The van der Waals surface area contributed by atoms with Crippen molar-refractivity contribution in [3.63, 3.8) is 0 Å². The third-order valence-corrected chi connectivity index (χ3v) is 6.51. The molecule has 2 aromatic carbocycles. The van der Waals surface area contributed by atoms with Gasteiger partial charge in [-0.3, -0.25) is 0 Å². The lowest BCUT2D eigenvalue weighted by Gasteiger charge is -2.12. The van der Waals surface area contributed by atoms with E-state index >= 15 is 0 Å². The lowest BCUT2D eigenvalue weighted by Crippen LogP contribution is -2.81. The molecule has 1 aliphatic heterocycles. The molecule has 2 N–H and O–H groups in total. The monoisotopic (exact) mass is 350 g/mol. The minimum atomic E-state index is -3.29. The number of quaternary nitrogens is 1. The molecular formula is C17H20NO3S2+. The number of hydrogen-bond acceptors (Lipinski definition) is 4. The molecule has 0 bridgehead atoms. The number of thiol groups is 1. The Labute approximate surface area is 142 Å². The highest BCUT2D eigenvalue weighted by Gasteiger charge is 2.32. The topological polar surface area (TPSA) is 60.0 Å². The number of benzene rings is 2. The second-order valence-corrected chi connectivity index (χ2v) is 8.45. The van der Waals surface area contributed by atoms with Crippen LogP contribution >= 0.6 is 12.6 Å². The summed E-state index contributed by atoms with van der Waals surface area (Å²) in [5, 5.41) is 2.26. The van der Waals surface area contributed by atoms with Gasteiger partial charge in [0.2, 0.25) is 0 Å². The molecule has 0 aliphatic carbocycles. The molecule has 122 valence electrons. The van der Waals surface area contributed by atoms with Gasteiger partial charge in [-0.15, -0.1) is 0 Å². The average Bonchev–Trinajstić information content (AvgIpc) is 2.93. The first-order valence-corrected chi connectivity index (χ1v) is 9.77. The predicted octanol–water partition coefficient (Wildman–Crippen LogP) is 1.74. The van der Waals surface area contributed by atoms with Crippen molar-refractivity contribution in [3.05, 3.63) is 54.6 Å². The Hall–Kier alpha value is -1.50. The quantitative estimate of drug-likeness (QED) is 0.808. The van der Waals surface area contributed by atoms with Crippen LogP contribution in [0.3, 0.4) is 0 Å². The third-order valence-electron chi connectivity index (χ3n) is 4.02. The van der Waals surface area contributed by atoms with Crippen molar-refractivity contribution < 1.29 is 18.5 Å². The number of nitrogens with two attached hydrogens (primary N) is 1. The molecule has 6 heteroatoms. The largest absolute Gasteiger partial charge is 0.457 e. The van der Waals surface area contributed by atoms with E-state index in [-0.39, 0.29) is 16.9 Å². The number of hydrogen-bond donors (Lipinski definition) is 2. The fourth-order valence-electron chi connectivity index (χ4n) is 2.73. The van der Waals surface area contributed by atoms with Gasteiger partial charge >= 0.3 is 0 Å². The second kappa shape index (κ2) is 6.95. The van der Waals surface area contributed by atoms with Gasteiger partial charge in [-0.05, 0) is 36.4 Å². The van der Waals surface area contributed by atoms with Crippen molar-refractivity contribution in [2.24, 2.45) is 5.92 Å². The van der Waals surface area contributed by atoms with E-state index in [1.165, 1.54) is 0 Å². The fraction of sp³-hybridized carbons (Fsp3) is 0.294. The molecule has 1 aliphatic rings. The summed E-state index contributed by atoms with van der Waals surface area (Å²) < 4.78 is 30.7. The van der Waals surface area contributed by atoms with Crippen LogP contribution in [-0.4, -0.2) is 32.5 Å². The zero-order valence-corrected chi connectivity index (χ0v) is 14.3. The molecule has 0 saturated carbocycles. The Morgan fingerprint density at radius 1 is 1.00 bits per heavy atom. The van der Waals surface area contributed by atoms with E-state index in [1.54, 1.807) is 24.3 Å². The van der Waals surface area contributed by atoms with Crippen LogP contribution in [0.1, 0.15) is 0 Å². The number of para-hydroxylation sites is 1. The molecule has 2 aromatic rings. The van der Waals surface area contributed by atoms with E-state index in [1.807, 2.05) is 30.3 Å². The van der Waals surface area contributed by atoms with Crippen LogP contribution in [0.2, 0.25) is 0 Å². The first kappa shape index (κ1) is 16.4. The molecule has 4 nitrogen and oxygen atoms in total. The van der Waals surface area contributed by atoms with Gasteiger partial charge in [-0.1, -0.05) is 18.2 Å². The zero-order valence-electron chi connectivity index (χ0n) is 12.6. The summed E-state index contributed by atoms with van der Waals surface area (Å²) in [6, 6.07) is 16.0. The standard InChI is InChI=1S/C17H19NO3S2/c19-23(20,12-13-10-18-11-17(13)22)16-8-6-15(7-9-16)21-14-4-2-1-3-5-14/h1-9,13,17-18,22H,10-12H2/p+1/t13-,17+/m1/s1. The molecule has 3 rings (SSSR count). The molecular weight excluding hydrogens is 330 g/mol. The van der Waals surface area contributed by atoms with Crippen molar-refractivity contribution in [3.8, 4) is 11.5 Å². The molecule has 2 atom stereocenters. The van der Waals surface area contributed by atoms with E-state index in [2.05, 4.69) is 17.9 Å². The predicted molar refractivity (Wildman–Crippen MR) is 92.9 cm³/mol. The summed E-state index contributed by atoms with van der Waals surface area (Å²) in [5.74, 6) is 1.60. The van der Waals surface area contributed by atoms with Crippen molar-refractivity contribution in [2.45, 2.75) is 10.1 Å². The molecule has 0 spiro atoms. The minimum absolute atomic E-state index is 0.101. The van der Waals surface area contributed by atoms with Crippen molar-refractivity contribution >= 4 is 22.5 Å². The van der Waals surface area contributed by atoms with Gasteiger partial charge in [0.05, 0.1) is 29.0 Å². The Bertz CT molecular complexity index is 745. The molecule has 0 aromatic heterocycles. The van der Waals surface area contributed by atoms with E-state index in [9.17, 15) is 8.42 Å². The Morgan fingerprint density at radius 3 is 2.26 bits per heavy atom. The number of sulfone groups is 1. The molecule has 23 heavy (non-hydrogen) atoms. The van der Waals surface area contributed by atoms with E-state index in [0.29, 0.717) is 10.6 Å². The van der Waals surface area contributed by atoms with E-state index < -0.39 is 9.84 Å². The van der Waals surface area contributed by atoms with Gasteiger partial charge in [-0.2, -0.15) is 12.6 Å². The van der Waals surface area contributed by atoms with Crippen LogP contribution in [-0.2, 0) is 9.84 Å². The van der Waals surface area contributed by atoms with Crippen molar-refractivity contribution in [1.82, 2.24) is 0 Å². The first-order valence-electron chi connectivity index (χ1n) is 7.60. The maximum absolute atomic E-state index is 12.5. The first-order chi connectivity index (χ1) is 11.0. The molecule has 1 fully saturated rings. The van der Waals surface area contributed by atoms with Crippen LogP contribution in [0.15, 0.2) is 59.5 Å². The van der Waals surface area contributed by atoms with Crippen LogP contribution < -0.4 is 10.1 Å². The summed E-state index contributed by atoms with van der Waals surface area (Å²) in [6.07, 6.45) is 0. The van der Waals surface area contributed by atoms with Gasteiger partial charge in [0.15, 0.2) is 9.84 Å². The van der Waals surface area contributed by atoms with Gasteiger partial charge < -0.3 is 10.1 Å². The fourth-order valence-corrected chi connectivity index (χ4v) is 4.92. The maximum atomic E-state index is 12.5. The van der Waals surface area contributed by atoms with Crippen molar-refractivity contribution in [2.75, 3.05) is 18.8 Å². The lowest BCUT2D eigenvalue weighted by molar-refractivity contribution is -0.637. The summed E-state index contributed by atoms with van der Waals surface area (Å²) >= 11 is 4.47. The van der Waals surface area contributed by atoms with Gasteiger partial charge in [-0.25, -0.2) is 8.42 Å². The smallest absolute Gasteiger partial charge is 0.178 e. The lowest BCUT2D eigenvalue weighted by atomic mass is 10.1. The van der Waals surface area contributed by atoms with Gasteiger partial charge in [0.25, 0.3) is 0 Å². The van der Waals surface area contributed by atoms with Gasteiger partial charge in [0, 0.05) is 5.92 Å². The molecule has 1 heterocycles. The molecule has 0 unspecified atom stereocenters. The Kier molecular flexibility index (Phi) is 4.94. The maximum Gasteiger partial charge on any atom is 0.178 e. The molecule has 0 amide bonds. The van der Waals surface area contributed by atoms with Crippen LogP contribution in [0, 0.1) is 5.92 Å². The Morgan fingerprint density at radius 2 is 1.65 bits per heavy atom. The highest BCUT2D eigenvalue weighted by atomic mass is 32.2. The highest BCUT2D eigenvalue weighted by Crippen LogP contribution is 2.24. The van der Waals surface area contributed by atoms with Crippen molar-refractivity contribution in [1.29, 1.82) is 0 Å². The van der Waals surface area contributed by atoms with E-state index in [0.717, 1.165) is 18.8 Å². The van der Waals surface area contributed by atoms with E-state index in [4.69, 9.17) is 4.74 Å². The highest BCUT2D eigenvalue weighted by molar-refractivity contribution is 7.91. The zero-order chi connectivity index (χ0) is 16.3. The SMILES string of the molecule is O=S(=O)(C[C@H]1C[NH2+]C[C@@H]1S)c1ccc(Oc2ccccc2)cc1. The summed E-state index contributed by atoms with van der Waals surface area (Å²) in [6.45, 7) is 1.70. The second-order valence-electron chi connectivity index (χ2n) is 5.76. The van der Waals surface area contributed by atoms with Crippen LogP contribution in [0.25, 0.3) is 0 Å². The number of rotatable bonds is 5. The summed E-state index contributed by atoms with van der Waals surface area (Å²) in [4.78, 5) is 0.338. The average molecular weight is 350 g/mol. The summed E-state index contributed by atoms with van der Waals surface area (Å²) in [7, 11) is -3.29. The minimum Gasteiger partial charge on any atom is -0.457 e. The Balaban J connectivity index is 1.71. The third kappa shape index (κ3) is 4.07. The van der Waals surface area contributed by atoms with Gasteiger partial charge in [0.1, 0.15) is 11.5 Å².